The van der Waals surface area contributed by atoms with Crippen LogP contribution in [0, 0.1) is 0 Å². The van der Waals surface area contributed by atoms with Crippen molar-refractivity contribution in [3.8, 4) is 0 Å². The summed E-state index contributed by atoms with van der Waals surface area (Å²) in [5, 5.41) is 5.36. The number of hydrogen-bond donors (Lipinski definition) is 2. The molecule has 1 aromatic rings. The molecule has 0 saturated carbocycles. The number of alkyl halides is 1. The molecule has 0 bridgehead atoms. The van der Waals surface area contributed by atoms with Gasteiger partial charge in [0.05, 0.1) is 6.04 Å². The number of halogens is 1. The van der Waals surface area contributed by atoms with Crippen LogP contribution in [0.25, 0.3) is 0 Å². The van der Waals surface area contributed by atoms with Gasteiger partial charge in [-0.15, -0.1) is 0 Å². The first-order valence-electron chi connectivity index (χ1n) is 5.57. The Labute approximate surface area is 99.2 Å². The normalized spacial score (nSPS) is 23.4. The van der Waals surface area contributed by atoms with Gasteiger partial charge in [-0.05, 0) is 5.56 Å². The molecule has 1 aromatic carbocycles. The highest BCUT2D eigenvalue weighted by atomic mass is 19.1. The second-order valence-electron chi connectivity index (χ2n) is 3.99. The molecule has 2 atom stereocenters. The molecule has 1 aliphatic rings. The third-order valence-corrected chi connectivity index (χ3v) is 2.66. The van der Waals surface area contributed by atoms with Gasteiger partial charge in [-0.25, -0.2) is 9.18 Å². The quantitative estimate of drug-likeness (QED) is 0.832. The third kappa shape index (κ3) is 3.42. The van der Waals surface area contributed by atoms with Crippen LogP contribution in [-0.2, 0) is 11.3 Å². The van der Waals surface area contributed by atoms with Crippen LogP contribution < -0.4 is 10.6 Å². The molecule has 0 aliphatic carbocycles. The van der Waals surface area contributed by atoms with E-state index in [0.29, 0.717) is 6.54 Å². The van der Waals surface area contributed by atoms with Gasteiger partial charge < -0.3 is 15.4 Å². The predicted molar refractivity (Wildman–Crippen MR) is 61.3 cm³/mol. The van der Waals surface area contributed by atoms with E-state index in [-0.39, 0.29) is 13.2 Å². The average Bonchev–Trinajstić information content (AvgIpc) is 2.74. The monoisotopic (exact) mass is 238 g/mol. The van der Waals surface area contributed by atoms with Crippen LogP contribution in [0.3, 0.4) is 0 Å². The minimum Gasteiger partial charge on any atom is -0.445 e. The maximum atomic E-state index is 13.2. The zero-order valence-corrected chi connectivity index (χ0v) is 9.36. The molecule has 2 unspecified atom stereocenters. The molecule has 92 valence electrons. The van der Waals surface area contributed by atoms with E-state index in [1.165, 1.54) is 0 Å². The van der Waals surface area contributed by atoms with E-state index in [2.05, 4.69) is 10.6 Å². The zero-order valence-electron chi connectivity index (χ0n) is 9.36. The van der Waals surface area contributed by atoms with Gasteiger partial charge in [0.2, 0.25) is 0 Å². The van der Waals surface area contributed by atoms with Gasteiger partial charge in [0.1, 0.15) is 12.8 Å². The average molecular weight is 238 g/mol. The lowest BCUT2D eigenvalue weighted by atomic mass is 10.2. The molecule has 1 aliphatic heterocycles. The van der Waals surface area contributed by atoms with Crippen molar-refractivity contribution in [2.24, 2.45) is 0 Å². The number of rotatable bonds is 3. The van der Waals surface area contributed by atoms with E-state index in [0.717, 1.165) is 5.56 Å². The molecule has 0 aromatic heterocycles. The molecule has 4 nitrogen and oxygen atoms in total. The van der Waals surface area contributed by atoms with Crippen molar-refractivity contribution >= 4 is 6.09 Å². The zero-order chi connectivity index (χ0) is 12.1. The number of hydrogen-bond acceptors (Lipinski definition) is 3. The van der Waals surface area contributed by atoms with E-state index >= 15 is 0 Å². The van der Waals surface area contributed by atoms with Crippen LogP contribution >= 0.6 is 0 Å². The molecule has 1 heterocycles. The molecule has 1 amide bonds. The summed E-state index contributed by atoms with van der Waals surface area (Å²) in [4.78, 5) is 11.4. The number of ether oxygens (including phenoxy) is 1. The summed E-state index contributed by atoms with van der Waals surface area (Å²) in [5.41, 5.74) is 0.906. The summed E-state index contributed by atoms with van der Waals surface area (Å²) in [7, 11) is 0. The van der Waals surface area contributed by atoms with E-state index < -0.39 is 18.3 Å². The highest BCUT2D eigenvalue weighted by Crippen LogP contribution is 2.05. The summed E-state index contributed by atoms with van der Waals surface area (Å²) >= 11 is 0. The molecule has 2 rings (SSSR count). The van der Waals surface area contributed by atoms with Gasteiger partial charge in [-0.1, -0.05) is 30.3 Å². The van der Waals surface area contributed by atoms with Gasteiger partial charge in [0.25, 0.3) is 0 Å². The van der Waals surface area contributed by atoms with Crippen molar-refractivity contribution in [1.82, 2.24) is 10.6 Å². The number of carbonyl (C=O) groups is 1. The Kier molecular flexibility index (Phi) is 3.93. The van der Waals surface area contributed by atoms with Gasteiger partial charge in [-0.2, -0.15) is 0 Å². The summed E-state index contributed by atoms with van der Waals surface area (Å²) in [5.74, 6) is 0. The minimum absolute atomic E-state index is 0.198. The van der Waals surface area contributed by atoms with Crippen molar-refractivity contribution in [3.05, 3.63) is 35.9 Å². The maximum absolute atomic E-state index is 13.2. The topological polar surface area (TPSA) is 50.4 Å². The van der Waals surface area contributed by atoms with Gasteiger partial charge >= 0.3 is 6.09 Å². The highest BCUT2D eigenvalue weighted by Gasteiger charge is 2.28. The first kappa shape index (κ1) is 11.9. The second kappa shape index (κ2) is 5.63. The standard InChI is InChI=1S/C12H15FN2O2/c13-10-6-14-7-11(10)15-12(16)17-8-9-4-2-1-3-5-9/h1-5,10-11,14H,6-8H2,(H,15,16). The van der Waals surface area contributed by atoms with Crippen molar-refractivity contribution in [2.45, 2.75) is 18.8 Å². The van der Waals surface area contributed by atoms with Crippen LogP contribution in [0.15, 0.2) is 30.3 Å². The summed E-state index contributed by atoms with van der Waals surface area (Å²) < 4.78 is 18.2. The Balaban J connectivity index is 1.74. The van der Waals surface area contributed by atoms with Crippen LogP contribution in [0.5, 0.6) is 0 Å². The smallest absolute Gasteiger partial charge is 0.407 e. The predicted octanol–water partition coefficient (Wildman–Crippen LogP) is 1.22. The molecular weight excluding hydrogens is 223 g/mol. The van der Waals surface area contributed by atoms with E-state index in [9.17, 15) is 9.18 Å². The first-order chi connectivity index (χ1) is 8.25. The van der Waals surface area contributed by atoms with Crippen molar-refractivity contribution in [2.75, 3.05) is 13.1 Å². The molecule has 5 heteroatoms. The number of carbonyl (C=O) groups excluding carboxylic acids is 1. The fraction of sp³-hybridized carbons (Fsp3) is 0.417. The first-order valence-corrected chi connectivity index (χ1v) is 5.57. The van der Waals surface area contributed by atoms with Crippen molar-refractivity contribution < 1.29 is 13.9 Å². The Morgan fingerprint density at radius 1 is 1.41 bits per heavy atom. The Hall–Kier alpha value is -1.62. The highest BCUT2D eigenvalue weighted by molar-refractivity contribution is 5.67. The fourth-order valence-electron chi connectivity index (χ4n) is 1.70. The second-order valence-corrected chi connectivity index (χ2v) is 3.99. The molecular formula is C12H15FN2O2. The molecule has 1 fully saturated rings. The van der Waals surface area contributed by atoms with Crippen LogP contribution in [-0.4, -0.2) is 31.4 Å². The van der Waals surface area contributed by atoms with Crippen LogP contribution in [0.2, 0.25) is 0 Å². The van der Waals surface area contributed by atoms with Crippen LogP contribution in [0.1, 0.15) is 5.56 Å². The molecule has 1 saturated heterocycles. The van der Waals surface area contributed by atoms with Gasteiger partial charge in [0, 0.05) is 13.1 Å². The SMILES string of the molecule is O=C(NC1CNCC1F)OCc1ccccc1. The number of amides is 1. The number of nitrogens with one attached hydrogen (secondary N) is 2. The summed E-state index contributed by atoms with van der Waals surface area (Å²) in [6, 6.07) is 8.87. The molecule has 2 N–H and O–H groups in total. The van der Waals surface area contributed by atoms with E-state index in [1.807, 2.05) is 30.3 Å². The lowest BCUT2D eigenvalue weighted by Crippen LogP contribution is -2.41. The summed E-state index contributed by atoms with van der Waals surface area (Å²) in [6.45, 7) is 0.926. The molecule has 0 radical (unpaired) electrons. The van der Waals surface area contributed by atoms with Crippen molar-refractivity contribution in [3.63, 3.8) is 0 Å². The molecule has 0 spiro atoms. The van der Waals surface area contributed by atoms with Gasteiger partial charge in [0.15, 0.2) is 0 Å². The van der Waals surface area contributed by atoms with Crippen molar-refractivity contribution in [1.29, 1.82) is 0 Å². The number of alkyl carbamates (subject to hydrolysis) is 1. The Morgan fingerprint density at radius 2 is 2.18 bits per heavy atom. The lowest BCUT2D eigenvalue weighted by molar-refractivity contribution is 0.132. The van der Waals surface area contributed by atoms with Crippen LogP contribution in [0.4, 0.5) is 9.18 Å². The number of benzene rings is 1. The Bertz CT molecular complexity index is 372. The lowest BCUT2D eigenvalue weighted by Gasteiger charge is -2.13. The summed E-state index contributed by atoms with van der Waals surface area (Å²) in [6.07, 6.45) is -1.62. The molecule has 17 heavy (non-hydrogen) atoms. The van der Waals surface area contributed by atoms with Gasteiger partial charge in [-0.3, -0.25) is 0 Å². The van der Waals surface area contributed by atoms with E-state index in [4.69, 9.17) is 4.74 Å². The third-order valence-electron chi connectivity index (χ3n) is 2.66. The maximum Gasteiger partial charge on any atom is 0.407 e. The fourth-order valence-corrected chi connectivity index (χ4v) is 1.70. The Morgan fingerprint density at radius 3 is 2.82 bits per heavy atom. The largest absolute Gasteiger partial charge is 0.445 e. The minimum atomic E-state index is -1.04. The van der Waals surface area contributed by atoms with E-state index in [1.54, 1.807) is 0 Å².